The average molecular weight is 445 g/mol. The summed E-state index contributed by atoms with van der Waals surface area (Å²) in [5.41, 5.74) is 2.00. The van der Waals surface area contributed by atoms with Gasteiger partial charge in [-0.3, -0.25) is 9.69 Å². The molecule has 8 heteroatoms. The second-order valence-electron chi connectivity index (χ2n) is 7.22. The van der Waals surface area contributed by atoms with E-state index in [0.29, 0.717) is 18.0 Å². The van der Waals surface area contributed by atoms with Crippen molar-refractivity contribution in [3.63, 3.8) is 0 Å². The first-order valence-corrected chi connectivity index (χ1v) is 10.6. The Morgan fingerprint density at radius 3 is 2.65 bits per heavy atom. The number of carbonyl (C=O) groups is 1. The number of nitrogens with one attached hydrogen (secondary N) is 1. The number of benzene rings is 2. The van der Waals surface area contributed by atoms with Crippen LogP contribution in [0.15, 0.2) is 47.8 Å². The van der Waals surface area contributed by atoms with Crippen molar-refractivity contribution in [1.82, 2.24) is 4.90 Å². The van der Waals surface area contributed by atoms with Crippen LogP contribution in [0.2, 0.25) is 0 Å². The molecule has 1 N–H and O–H groups in total. The van der Waals surface area contributed by atoms with Crippen LogP contribution in [0.4, 0.5) is 14.5 Å². The minimum Gasteiger partial charge on any atom is -0.493 e. The molecule has 2 aromatic carbocycles. The standard InChI is InChI=1S/C23H22F2N2O3S/c1-29-19-10-14-7-8-27(13-22(28)26-18-11-15(24)5-6-17(18)25)23(21-4-3-9-31-21)16(14)12-20(19)30-2/h3-6,9-12,23H,7-8,13H2,1-2H3,(H,26,28). The van der Waals surface area contributed by atoms with Crippen LogP contribution in [0, 0.1) is 11.6 Å². The van der Waals surface area contributed by atoms with E-state index in [-0.39, 0.29) is 18.3 Å². The Morgan fingerprint density at radius 1 is 1.16 bits per heavy atom. The van der Waals surface area contributed by atoms with E-state index in [1.54, 1.807) is 25.6 Å². The highest BCUT2D eigenvalue weighted by atomic mass is 32.1. The number of thiophene rings is 1. The fourth-order valence-electron chi connectivity index (χ4n) is 3.92. The van der Waals surface area contributed by atoms with Crippen LogP contribution < -0.4 is 14.8 Å². The summed E-state index contributed by atoms with van der Waals surface area (Å²) in [6, 6.07) is 10.8. The predicted octanol–water partition coefficient (Wildman–Crippen LogP) is 4.63. The minimum absolute atomic E-state index is 0.0340. The van der Waals surface area contributed by atoms with Crippen molar-refractivity contribution in [2.24, 2.45) is 0 Å². The van der Waals surface area contributed by atoms with E-state index in [9.17, 15) is 13.6 Å². The summed E-state index contributed by atoms with van der Waals surface area (Å²) < 4.78 is 38.3. The molecule has 1 unspecified atom stereocenters. The van der Waals surface area contributed by atoms with Gasteiger partial charge in [-0.05, 0) is 53.3 Å². The third-order valence-corrected chi connectivity index (χ3v) is 6.26. The van der Waals surface area contributed by atoms with Gasteiger partial charge in [0.15, 0.2) is 11.5 Å². The fourth-order valence-corrected chi connectivity index (χ4v) is 4.79. The second kappa shape index (κ2) is 9.03. The molecule has 0 saturated carbocycles. The van der Waals surface area contributed by atoms with E-state index < -0.39 is 17.5 Å². The number of rotatable bonds is 6. The SMILES string of the molecule is COc1cc2c(cc1OC)C(c1cccs1)N(CC(=O)Nc1cc(F)ccc1F)CC2. The van der Waals surface area contributed by atoms with E-state index in [0.717, 1.165) is 40.6 Å². The van der Waals surface area contributed by atoms with E-state index in [1.165, 1.54) is 0 Å². The topological polar surface area (TPSA) is 50.8 Å². The van der Waals surface area contributed by atoms with Crippen LogP contribution >= 0.6 is 11.3 Å². The molecule has 1 atom stereocenters. The Bertz CT molecular complexity index is 1090. The van der Waals surface area contributed by atoms with Crippen LogP contribution in [-0.4, -0.2) is 38.1 Å². The van der Waals surface area contributed by atoms with Crippen LogP contribution in [0.1, 0.15) is 22.0 Å². The predicted molar refractivity (Wildman–Crippen MR) is 116 cm³/mol. The third kappa shape index (κ3) is 4.40. The highest BCUT2D eigenvalue weighted by Crippen LogP contribution is 2.42. The monoisotopic (exact) mass is 444 g/mol. The molecule has 2 heterocycles. The Hall–Kier alpha value is -2.97. The Labute approximate surface area is 183 Å². The zero-order valence-electron chi connectivity index (χ0n) is 17.2. The molecule has 5 nitrogen and oxygen atoms in total. The average Bonchev–Trinajstić information content (AvgIpc) is 3.29. The van der Waals surface area contributed by atoms with Crippen molar-refractivity contribution in [3.05, 3.63) is 75.5 Å². The Balaban J connectivity index is 1.63. The van der Waals surface area contributed by atoms with Gasteiger partial charge in [-0.15, -0.1) is 11.3 Å². The summed E-state index contributed by atoms with van der Waals surface area (Å²) in [6.45, 7) is 0.663. The quantitative estimate of drug-likeness (QED) is 0.602. The molecule has 1 aliphatic heterocycles. The Morgan fingerprint density at radius 2 is 1.94 bits per heavy atom. The highest BCUT2D eigenvalue weighted by Gasteiger charge is 2.32. The Kier molecular flexibility index (Phi) is 6.20. The molecule has 0 fully saturated rings. The molecule has 162 valence electrons. The van der Waals surface area contributed by atoms with Crippen molar-refractivity contribution in [2.45, 2.75) is 12.5 Å². The highest BCUT2D eigenvalue weighted by molar-refractivity contribution is 7.10. The molecule has 1 aromatic heterocycles. The number of methoxy groups -OCH3 is 2. The largest absolute Gasteiger partial charge is 0.493 e. The summed E-state index contributed by atoms with van der Waals surface area (Å²) in [6.07, 6.45) is 0.721. The van der Waals surface area contributed by atoms with Crippen molar-refractivity contribution >= 4 is 22.9 Å². The summed E-state index contributed by atoms with van der Waals surface area (Å²) in [4.78, 5) is 15.8. The second-order valence-corrected chi connectivity index (χ2v) is 8.20. The van der Waals surface area contributed by atoms with Gasteiger partial charge in [0.1, 0.15) is 11.6 Å². The van der Waals surface area contributed by atoms with Gasteiger partial charge in [-0.25, -0.2) is 8.78 Å². The molecular weight excluding hydrogens is 422 g/mol. The molecule has 1 amide bonds. The number of hydrogen-bond acceptors (Lipinski definition) is 5. The van der Waals surface area contributed by atoms with E-state index in [1.807, 2.05) is 34.5 Å². The lowest BCUT2D eigenvalue weighted by molar-refractivity contribution is -0.117. The summed E-state index contributed by atoms with van der Waals surface area (Å²) in [5, 5.41) is 4.48. The lowest BCUT2D eigenvalue weighted by Crippen LogP contribution is -2.41. The summed E-state index contributed by atoms with van der Waals surface area (Å²) in [7, 11) is 3.19. The molecule has 0 radical (unpaired) electrons. The molecule has 31 heavy (non-hydrogen) atoms. The van der Waals surface area contributed by atoms with Gasteiger partial charge in [-0.2, -0.15) is 0 Å². The molecule has 3 aromatic rings. The van der Waals surface area contributed by atoms with E-state index >= 15 is 0 Å². The zero-order chi connectivity index (χ0) is 22.0. The first-order valence-electron chi connectivity index (χ1n) is 9.77. The third-order valence-electron chi connectivity index (χ3n) is 5.34. The van der Waals surface area contributed by atoms with Gasteiger partial charge in [-0.1, -0.05) is 6.07 Å². The molecular formula is C23H22F2N2O3S. The summed E-state index contributed by atoms with van der Waals surface area (Å²) in [5.74, 6) is -0.406. The first-order chi connectivity index (χ1) is 15.0. The molecule has 4 rings (SSSR count). The van der Waals surface area contributed by atoms with Crippen LogP contribution in [0.5, 0.6) is 11.5 Å². The molecule has 0 bridgehead atoms. The number of hydrogen-bond donors (Lipinski definition) is 1. The van der Waals surface area contributed by atoms with Crippen LogP contribution in [0.25, 0.3) is 0 Å². The molecule has 0 aliphatic carbocycles. The van der Waals surface area contributed by atoms with Gasteiger partial charge >= 0.3 is 0 Å². The maximum Gasteiger partial charge on any atom is 0.238 e. The normalized spacial score (nSPS) is 15.9. The van der Waals surface area contributed by atoms with Crippen molar-refractivity contribution in [1.29, 1.82) is 0 Å². The van der Waals surface area contributed by atoms with E-state index in [2.05, 4.69) is 5.32 Å². The number of nitrogens with zero attached hydrogens (tertiary/aromatic N) is 1. The van der Waals surface area contributed by atoms with Crippen LogP contribution in [-0.2, 0) is 11.2 Å². The number of amides is 1. The molecule has 1 aliphatic rings. The lowest BCUT2D eigenvalue weighted by atomic mass is 9.91. The van der Waals surface area contributed by atoms with Gasteiger partial charge in [0.05, 0.1) is 32.5 Å². The number of ether oxygens (including phenoxy) is 2. The van der Waals surface area contributed by atoms with Crippen molar-refractivity contribution in [3.8, 4) is 11.5 Å². The van der Waals surface area contributed by atoms with Crippen molar-refractivity contribution < 1.29 is 23.0 Å². The number of carbonyl (C=O) groups excluding carboxylic acids is 1. The van der Waals surface area contributed by atoms with Gasteiger partial charge in [0, 0.05) is 17.5 Å². The maximum atomic E-state index is 13.9. The minimum atomic E-state index is -0.676. The first kappa shape index (κ1) is 21.3. The summed E-state index contributed by atoms with van der Waals surface area (Å²) >= 11 is 1.60. The smallest absolute Gasteiger partial charge is 0.238 e. The number of anilines is 1. The van der Waals surface area contributed by atoms with Gasteiger partial charge in [0.2, 0.25) is 5.91 Å². The zero-order valence-corrected chi connectivity index (χ0v) is 18.0. The number of halogens is 2. The fraction of sp³-hybridized carbons (Fsp3) is 0.261. The van der Waals surface area contributed by atoms with E-state index in [4.69, 9.17) is 9.47 Å². The van der Waals surface area contributed by atoms with Crippen LogP contribution in [0.3, 0.4) is 0 Å². The maximum absolute atomic E-state index is 13.9. The lowest BCUT2D eigenvalue weighted by Gasteiger charge is -2.37. The van der Waals surface area contributed by atoms with Gasteiger partial charge < -0.3 is 14.8 Å². The number of fused-ring (bicyclic) bond motifs is 1. The molecule has 0 spiro atoms. The van der Waals surface area contributed by atoms with Crippen molar-refractivity contribution in [2.75, 3.05) is 32.6 Å². The van der Waals surface area contributed by atoms with Gasteiger partial charge in [0.25, 0.3) is 0 Å². The molecule has 0 saturated heterocycles.